The summed E-state index contributed by atoms with van der Waals surface area (Å²) in [6, 6.07) is 5.04. The topological polar surface area (TPSA) is 55.1 Å². The maximum atomic E-state index is 12.1. The number of carboxylic acids is 1. The lowest BCUT2D eigenvalue weighted by Gasteiger charge is -1.85. The van der Waals surface area contributed by atoms with Crippen molar-refractivity contribution in [3.8, 4) is 0 Å². The molecule has 2 aromatic rings. The second kappa shape index (κ2) is 5.85. The van der Waals surface area contributed by atoms with Gasteiger partial charge in [0.1, 0.15) is 5.56 Å². The van der Waals surface area contributed by atoms with Crippen molar-refractivity contribution in [2.24, 2.45) is 0 Å². The van der Waals surface area contributed by atoms with E-state index in [1.165, 1.54) is 19.1 Å². The molecule has 18 heavy (non-hydrogen) atoms. The molecular weight excluding hydrogens is 249 g/mol. The Morgan fingerprint density at radius 2 is 1.78 bits per heavy atom. The number of nitrogens with zero attached hydrogens (tertiary/aromatic N) is 2. The van der Waals surface area contributed by atoms with Crippen LogP contribution in [0.15, 0.2) is 30.5 Å². The Labute approximate surface area is 100 Å². The van der Waals surface area contributed by atoms with Gasteiger partial charge in [-0.1, -0.05) is 16.6 Å². The third kappa shape index (κ3) is 3.62. The van der Waals surface area contributed by atoms with Gasteiger partial charge in [0.05, 0.1) is 11.9 Å². The first-order chi connectivity index (χ1) is 8.41. The van der Waals surface area contributed by atoms with Crippen molar-refractivity contribution < 1.29 is 23.2 Å². The van der Waals surface area contributed by atoms with Crippen LogP contribution in [-0.4, -0.2) is 21.1 Å². The lowest BCUT2D eigenvalue weighted by Crippen LogP contribution is -1.95. The number of carbonyl (C=O) groups is 1. The van der Waals surface area contributed by atoms with E-state index in [4.69, 9.17) is 5.11 Å². The van der Waals surface area contributed by atoms with E-state index in [0.29, 0.717) is 0 Å². The normalized spacial score (nSPS) is 9.56. The van der Waals surface area contributed by atoms with Crippen molar-refractivity contribution >= 4 is 5.97 Å². The molecule has 0 unspecified atom stereocenters. The molecule has 0 aliphatic carbocycles. The summed E-state index contributed by atoms with van der Waals surface area (Å²) in [6.07, 6.45) is 0.817. The van der Waals surface area contributed by atoms with E-state index < -0.39 is 17.6 Å². The zero-order valence-corrected chi connectivity index (χ0v) is 9.27. The molecule has 0 spiro atoms. The summed E-state index contributed by atoms with van der Waals surface area (Å²) in [5.41, 5.74) is 0.0671. The number of aromatic carboxylic acids is 1. The maximum Gasteiger partial charge on any atom is 0.339 e. The summed E-state index contributed by atoms with van der Waals surface area (Å²) in [5.74, 6) is -2.76. The van der Waals surface area contributed by atoms with Crippen molar-refractivity contribution in [2.45, 2.75) is 6.92 Å². The summed E-state index contributed by atoms with van der Waals surface area (Å²) in [7, 11) is 0. The molecule has 0 bridgehead atoms. The summed E-state index contributed by atoms with van der Waals surface area (Å²) in [4.78, 5) is 10.2. The van der Waals surface area contributed by atoms with Crippen LogP contribution >= 0.6 is 0 Å². The van der Waals surface area contributed by atoms with Gasteiger partial charge in [0.15, 0.2) is 11.6 Å². The molecule has 96 valence electrons. The van der Waals surface area contributed by atoms with Gasteiger partial charge in [-0.2, -0.15) is 0 Å². The first kappa shape index (κ1) is 13.8. The third-order valence-corrected chi connectivity index (χ3v) is 1.93. The highest BCUT2D eigenvalue weighted by Crippen LogP contribution is 2.04. The minimum atomic E-state index is -1.17. The average Bonchev–Trinajstić information content (AvgIpc) is 2.63. The fourth-order valence-corrected chi connectivity index (χ4v) is 1.08. The molecule has 0 atom stereocenters. The Bertz CT molecular complexity index is 534. The van der Waals surface area contributed by atoms with Gasteiger partial charge < -0.3 is 5.11 Å². The monoisotopic (exact) mass is 258 g/mol. The number of hydrogen-bond donors (Lipinski definition) is 1. The SMILES string of the molecule is Cc1nn(F)cc1C(=O)O.Fc1ccccc1F. The highest BCUT2D eigenvalue weighted by atomic mass is 19.2. The number of aryl methyl sites for hydroxylation is 1. The maximum absolute atomic E-state index is 12.1. The van der Waals surface area contributed by atoms with Crippen molar-refractivity contribution in [2.75, 3.05) is 0 Å². The molecule has 0 aliphatic heterocycles. The number of carboxylic acid groups (broad SMARTS) is 1. The van der Waals surface area contributed by atoms with E-state index in [-0.39, 0.29) is 16.2 Å². The second-order valence-electron chi connectivity index (χ2n) is 3.24. The van der Waals surface area contributed by atoms with Gasteiger partial charge in [0.2, 0.25) is 0 Å². The van der Waals surface area contributed by atoms with Gasteiger partial charge >= 0.3 is 5.97 Å². The molecule has 4 nitrogen and oxygen atoms in total. The lowest BCUT2D eigenvalue weighted by atomic mass is 10.3. The van der Waals surface area contributed by atoms with Crippen molar-refractivity contribution in [3.63, 3.8) is 0 Å². The van der Waals surface area contributed by atoms with Gasteiger partial charge in [-0.25, -0.2) is 13.6 Å². The first-order valence-corrected chi connectivity index (χ1v) is 4.77. The summed E-state index contributed by atoms with van der Waals surface area (Å²) >= 11 is 0. The molecule has 0 saturated carbocycles. The van der Waals surface area contributed by atoms with Crippen LogP contribution in [0.2, 0.25) is 0 Å². The van der Waals surface area contributed by atoms with Crippen molar-refractivity contribution in [3.05, 3.63) is 53.4 Å². The van der Waals surface area contributed by atoms with Gasteiger partial charge in [0, 0.05) is 0 Å². The molecule has 0 fully saturated rings. The van der Waals surface area contributed by atoms with Crippen LogP contribution in [0.4, 0.5) is 13.3 Å². The third-order valence-electron chi connectivity index (χ3n) is 1.93. The van der Waals surface area contributed by atoms with E-state index in [1.807, 2.05) is 0 Å². The zero-order valence-electron chi connectivity index (χ0n) is 9.27. The first-order valence-electron chi connectivity index (χ1n) is 4.77. The molecular formula is C11H9F3N2O2. The predicted molar refractivity (Wildman–Crippen MR) is 56.8 cm³/mol. The highest BCUT2D eigenvalue weighted by Gasteiger charge is 2.10. The van der Waals surface area contributed by atoms with Crippen LogP contribution < -0.4 is 0 Å². The molecule has 7 heteroatoms. The lowest BCUT2D eigenvalue weighted by molar-refractivity contribution is 0.0695. The van der Waals surface area contributed by atoms with Crippen molar-refractivity contribution in [1.82, 2.24) is 10.0 Å². The molecule has 1 aromatic heterocycles. The van der Waals surface area contributed by atoms with E-state index >= 15 is 0 Å². The minimum Gasteiger partial charge on any atom is -0.478 e. The Morgan fingerprint density at radius 1 is 1.28 bits per heavy atom. The highest BCUT2D eigenvalue weighted by molar-refractivity contribution is 5.88. The van der Waals surface area contributed by atoms with E-state index in [0.717, 1.165) is 18.3 Å². The molecule has 1 N–H and O–H groups in total. The van der Waals surface area contributed by atoms with E-state index in [2.05, 4.69) is 5.10 Å². The fraction of sp³-hybridized carbons (Fsp3) is 0.0909. The van der Waals surface area contributed by atoms with Crippen LogP contribution in [0.5, 0.6) is 0 Å². The Kier molecular flexibility index (Phi) is 4.47. The minimum absolute atomic E-state index is 0.0151. The number of rotatable bonds is 1. The van der Waals surface area contributed by atoms with Gasteiger partial charge in [-0.15, -0.1) is 10.0 Å². The van der Waals surface area contributed by atoms with E-state index in [1.54, 1.807) is 0 Å². The molecule has 1 heterocycles. The van der Waals surface area contributed by atoms with E-state index in [9.17, 15) is 18.1 Å². The molecule has 1 aromatic carbocycles. The quantitative estimate of drug-likeness (QED) is 0.855. The Balaban J connectivity index is 0.000000184. The number of aromatic nitrogens is 2. The van der Waals surface area contributed by atoms with Crippen LogP contribution in [0, 0.1) is 18.6 Å². The average molecular weight is 258 g/mol. The summed E-state index contributed by atoms with van der Waals surface area (Å²) < 4.78 is 36.0. The largest absolute Gasteiger partial charge is 0.478 e. The van der Waals surface area contributed by atoms with Gasteiger partial charge in [-0.05, 0) is 19.1 Å². The van der Waals surface area contributed by atoms with Crippen LogP contribution in [0.1, 0.15) is 16.1 Å². The zero-order chi connectivity index (χ0) is 13.7. The van der Waals surface area contributed by atoms with Crippen molar-refractivity contribution in [1.29, 1.82) is 0 Å². The smallest absolute Gasteiger partial charge is 0.339 e. The van der Waals surface area contributed by atoms with Gasteiger partial charge in [0.25, 0.3) is 0 Å². The predicted octanol–water partition coefficient (Wildman–Crippen LogP) is 2.59. The number of hydrogen-bond acceptors (Lipinski definition) is 2. The van der Waals surface area contributed by atoms with Crippen LogP contribution in [0.25, 0.3) is 0 Å². The molecule has 2 rings (SSSR count). The number of halogens is 3. The molecule has 0 saturated heterocycles. The molecule has 0 aliphatic rings. The molecule has 0 radical (unpaired) electrons. The fourth-order valence-electron chi connectivity index (χ4n) is 1.08. The van der Waals surface area contributed by atoms with Crippen LogP contribution in [0.3, 0.4) is 0 Å². The summed E-state index contributed by atoms with van der Waals surface area (Å²) in [5, 5.41) is 11.6. The number of benzene rings is 1. The van der Waals surface area contributed by atoms with Gasteiger partial charge in [-0.3, -0.25) is 0 Å². The van der Waals surface area contributed by atoms with Crippen LogP contribution in [-0.2, 0) is 0 Å². The Morgan fingerprint density at radius 3 is 2.00 bits per heavy atom. The molecule has 0 amide bonds. The standard InChI is InChI=1S/C6H4F2.C5H5FN2O2/c7-5-3-1-2-4-6(5)8;1-3-4(5(9)10)2-8(6)7-3/h1-4H;2H,1H3,(H,9,10). The summed E-state index contributed by atoms with van der Waals surface area (Å²) in [6.45, 7) is 1.43. The second-order valence-corrected chi connectivity index (χ2v) is 3.24. The Hall–Kier alpha value is -2.31.